The molecular formula is C16H24ClNO2S. The number of piperidine rings is 1. The third-order valence-corrected chi connectivity index (χ3v) is 5.85. The minimum atomic E-state index is -0.336. The van der Waals surface area contributed by atoms with E-state index >= 15 is 0 Å². The van der Waals surface area contributed by atoms with Gasteiger partial charge >= 0.3 is 5.97 Å². The molecule has 0 radical (unpaired) electrons. The molecule has 3 rings (SSSR count). The van der Waals surface area contributed by atoms with Crippen molar-refractivity contribution >= 4 is 29.7 Å². The molecule has 0 spiro atoms. The highest BCUT2D eigenvalue weighted by Gasteiger charge is 2.45. The summed E-state index contributed by atoms with van der Waals surface area (Å²) in [5.41, 5.74) is -0.336. The van der Waals surface area contributed by atoms with Crippen molar-refractivity contribution in [1.29, 1.82) is 0 Å². The molecule has 1 aromatic heterocycles. The summed E-state index contributed by atoms with van der Waals surface area (Å²) in [7, 11) is 2.13. The van der Waals surface area contributed by atoms with Crippen LogP contribution in [0.2, 0.25) is 0 Å². The number of carbonyl (C=O) groups excluding carboxylic acids is 1. The highest BCUT2D eigenvalue weighted by Crippen LogP contribution is 2.44. The molecule has 21 heavy (non-hydrogen) atoms. The lowest BCUT2D eigenvalue weighted by Crippen LogP contribution is -2.40. The number of carbonyl (C=O) groups is 1. The number of ether oxygens (including phenoxy) is 1. The molecule has 118 valence electrons. The SMILES string of the molecule is CN1CCC(OC(=O)C2(c3cccs3)CCCC2)CC1.Cl. The van der Waals surface area contributed by atoms with Crippen LogP contribution < -0.4 is 0 Å². The predicted molar refractivity (Wildman–Crippen MR) is 88.3 cm³/mol. The van der Waals surface area contributed by atoms with E-state index in [-0.39, 0.29) is 29.9 Å². The van der Waals surface area contributed by atoms with Crippen LogP contribution in [0.3, 0.4) is 0 Å². The van der Waals surface area contributed by atoms with Gasteiger partial charge in [-0.05, 0) is 44.2 Å². The van der Waals surface area contributed by atoms with Crippen molar-refractivity contribution in [3.63, 3.8) is 0 Å². The summed E-state index contributed by atoms with van der Waals surface area (Å²) >= 11 is 1.70. The minimum Gasteiger partial charge on any atom is -0.462 e. The van der Waals surface area contributed by atoms with Crippen molar-refractivity contribution in [2.24, 2.45) is 0 Å². The molecule has 5 heteroatoms. The standard InChI is InChI=1S/C16H23NO2S.ClH/c1-17-10-6-13(7-11-17)19-15(18)16(8-2-3-9-16)14-5-4-12-20-14;/h4-5,12-13H,2-3,6-11H2,1H3;1H. The van der Waals surface area contributed by atoms with Gasteiger partial charge in [0.25, 0.3) is 0 Å². The van der Waals surface area contributed by atoms with Gasteiger partial charge in [0, 0.05) is 18.0 Å². The fourth-order valence-corrected chi connectivity index (χ4v) is 4.42. The van der Waals surface area contributed by atoms with Gasteiger partial charge in [0.2, 0.25) is 0 Å². The summed E-state index contributed by atoms with van der Waals surface area (Å²) in [6, 6.07) is 4.15. The minimum absolute atomic E-state index is 0. The van der Waals surface area contributed by atoms with Gasteiger partial charge < -0.3 is 9.64 Å². The zero-order valence-corrected chi connectivity index (χ0v) is 14.2. The lowest BCUT2D eigenvalue weighted by molar-refractivity contribution is -0.158. The molecule has 0 bridgehead atoms. The Labute approximate surface area is 137 Å². The van der Waals surface area contributed by atoms with Gasteiger partial charge in [-0.25, -0.2) is 0 Å². The van der Waals surface area contributed by atoms with Gasteiger partial charge in [-0.2, -0.15) is 0 Å². The summed E-state index contributed by atoms with van der Waals surface area (Å²) in [4.78, 5) is 16.3. The maximum atomic E-state index is 12.8. The first-order valence-electron chi connectivity index (χ1n) is 7.64. The first kappa shape index (κ1) is 16.8. The third-order valence-electron chi connectivity index (χ3n) is 4.78. The van der Waals surface area contributed by atoms with Crippen molar-refractivity contribution in [1.82, 2.24) is 4.90 Å². The van der Waals surface area contributed by atoms with Crippen LogP contribution in [0.25, 0.3) is 0 Å². The van der Waals surface area contributed by atoms with E-state index in [2.05, 4.69) is 23.4 Å². The highest BCUT2D eigenvalue weighted by molar-refractivity contribution is 7.10. The van der Waals surface area contributed by atoms with E-state index in [9.17, 15) is 4.79 Å². The molecule has 2 aliphatic rings. The molecule has 1 aromatic rings. The Morgan fingerprint density at radius 1 is 1.33 bits per heavy atom. The van der Waals surface area contributed by atoms with Crippen LogP contribution in [0.5, 0.6) is 0 Å². The van der Waals surface area contributed by atoms with Gasteiger partial charge in [0.15, 0.2) is 0 Å². The fraction of sp³-hybridized carbons (Fsp3) is 0.688. The van der Waals surface area contributed by atoms with Crippen molar-refractivity contribution in [2.45, 2.75) is 50.0 Å². The first-order chi connectivity index (χ1) is 9.71. The Bertz CT molecular complexity index is 449. The van der Waals surface area contributed by atoms with Crippen LogP contribution in [0.15, 0.2) is 17.5 Å². The lowest BCUT2D eigenvalue weighted by atomic mass is 9.84. The van der Waals surface area contributed by atoms with Gasteiger partial charge in [0.05, 0.1) is 0 Å². The zero-order chi connectivity index (χ0) is 14.0. The first-order valence-corrected chi connectivity index (χ1v) is 8.52. The van der Waals surface area contributed by atoms with Crippen LogP contribution in [0, 0.1) is 0 Å². The number of likely N-dealkylation sites (tertiary alicyclic amines) is 1. The summed E-state index contributed by atoms with van der Waals surface area (Å²) in [5, 5.41) is 2.07. The summed E-state index contributed by atoms with van der Waals surface area (Å²) in [5.74, 6) is 0.0343. The van der Waals surface area contributed by atoms with Crippen molar-refractivity contribution < 1.29 is 9.53 Å². The zero-order valence-electron chi connectivity index (χ0n) is 12.5. The summed E-state index contributed by atoms with van der Waals surface area (Å²) < 4.78 is 5.89. The van der Waals surface area contributed by atoms with Crippen molar-refractivity contribution in [3.8, 4) is 0 Å². The van der Waals surface area contributed by atoms with Crippen LogP contribution >= 0.6 is 23.7 Å². The Kier molecular flexibility index (Phi) is 5.69. The average Bonchev–Trinajstić information content (AvgIpc) is 3.12. The average molecular weight is 330 g/mol. The molecule has 2 fully saturated rings. The summed E-state index contributed by atoms with van der Waals surface area (Å²) in [6.07, 6.45) is 6.26. The molecule has 1 aliphatic heterocycles. The van der Waals surface area contributed by atoms with Gasteiger partial charge in [-0.1, -0.05) is 18.9 Å². The van der Waals surface area contributed by atoms with Gasteiger partial charge in [0.1, 0.15) is 11.5 Å². The Morgan fingerprint density at radius 3 is 2.57 bits per heavy atom. The van der Waals surface area contributed by atoms with E-state index in [1.165, 1.54) is 4.88 Å². The molecule has 1 aliphatic carbocycles. The van der Waals surface area contributed by atoms with E-state index in [0.29, 0.717) is 0 Å². The monoisotopic (exact) mass is 329 g/mol. The maximum absolute atomic E-state index is 12.8. The van der Waals surface area contributed by atoms with E-state index < -0.39 is 0 Å². The Balaban J connectivity index is 0.00000161. The van der Waals surface area contributed by atoms with Crippen molar-refractivity contribution in [3.05, 3.63) is 22.4 Å². The highest BCUT2D eigenvalue weighted by atomic mass is 35.5. The quantitative estimate of drug-likeness (QED) is 0.793. The molecule has 0 amide bonds. The number of halogens is 1. The molecule has 0 atom stereocenters. The maximum Gasteiger partial charge on any atom is 0.317 e. The van der Waals surface area contributed by atoms with Gasteiger partial charge in [-0.3, -0.25) is 4.79 Å². The normalized spacial score (nSPS) is 22.7. The number of esters is 1. The van der Waals surface area contributed by atoms with Crippen molar-refractivity contribution in [2.75, 3.05) is 20.1 Å². The molecule has 2 heterocycles. The Morgan fingerprint density at radius 2 is 2.00 bits per heavy atom. The molecule has 0 aromatic carbocycles. The number of hydrogen-bond acceptors (Lipinski definition) is 4. The van der Waals surface area contributed by atoms with E-state index in [1.807, 2.05) is 6.07 Å². The number of hydrogen-bond donors (Lipinski definition) is 0. The van der Waals surface area contributed by atoms with E-state index in [1.54, 1.807) is 11.3 Å². The smallest absolute Gasteiger partial charge is 0.317 e. The molecule has 0 unspecified atom stereocenters. The molecular weight excluding hydrogens is 306 g/mol. The van der Waals surface area contributed by atoms with Crippen LogP contribution in [0.1, 0.15) is 43.4 Å². The van der Waals surface area contributed by atoms with Crippen LogP contribution in [-0.4, -0.2) is 37.1 Å². The van der Waals surface area contributed by atoms with Gasteiger partial charge in [-0.15, -0.1) is 23.7 Å². The molecule has 0 N–H and O–H groups in total. The lowest BCUT2D eigenvalue weighted by Gasteiger charge is -2.32. The Hall–Kier alpha value is -0.580. The predicted octanol–water partition coefficient (Wildman–Crippen LogP) is 3.62. The molecule has 3 nitrogen and oxygen atoms in total. The van der Waals surface area contributed by atoms with Crippen LogP contribution in [-0.2, 0) is 14.9 Å². The molecule has 1 saturated carbocycles. The third kappa shape index (κ3) is 3.43. The number of rotatable bonds is 3. The largest absolute Gasteiger partial charge is 0.462 e. The van der Waals surface area contributed by atoms with E-state index in [0.717, 1.165) is 51.6 Å². The number of thiophene rings is 1. The number of nitrogens with zero attached hydrogens (tertiary/aromatic N) is 1. The fourth-order valence-electron chi connectivity index (χ4n) is 3.45. The van der Waals surface area contributed by atoms with Crippen LogP contribution in [0.4, 0.5) is 0 Å². The topological polar surface area (TPSA) is 29.5 Å². The second kappa shape index (κ2) is 7.12. The molecule has 1 saturated heterocycles. The summed E-state index contributed by atoms with van der Waals surface area (Å²) in [6.45, 7) is 2.06. The second-order valence-corrected chi connectivity index (χ2v) is 7.12. The second-order valence-electron chi connectivity index (χ2n) is 6.17. The van der Waals surface area contributed by atoms with E-state index in [4.69, 9.17) is 4.74 Å².